The number of hydrogen-bond acceptors (Lipinski definition) is 5. The molecule has 206 valence electrons. The first-order valence-electron chi connectivity index (χ1n) is 12.8. The van der Waals surface area contributed by atoms with Crippen molar-refractivity contribution < 1.29 is 14.6 Å². The van der Waals surface area contributed by atoms with Gasteiger partial charge in [-0.1, -0.05) is 17.7 Å². The van der Waals surface area contributed by atoms with Crippen LogP contribution in [0.25, 0.3) is 5.69 Å². The number of aromatic nitrogens is 2. The van der Waals surface area contributed by atoms with Crippen LogP contribution in [-0.4, -0.2) is 39.4 Å². The average Bonchev–Trinajstić information content (AvgIpc) is 3.42. The van der Waals surface area contributed by atoms with Crippen molar-refractivity contribution in [2.24, 2.45) is 0 Å². The number of aromatic hydroxyl groups is 1. The lowest BCUT2D eigenvalue weighted by molar-refractivity contribution is -0.119. The number of halogens is 1. The maximum atomic E-state index is 12.1. The van der Waals surface area contributed by atoms with Crippen molar-refractivity contribution >= 4 is 46.2 Å². The molecule has 8 nitrogen and oxygen atoms in total. The van der Waals surface area contributed by atoms with Gasteiger partial charge < -0.3 is 29.9 Å². The Morgan fingerprint density at radius 3 is 2.65 bits per heavy atom. The third-order valence-electron chi connectivity index (χ3n) is 7.10. The van der Waals surface area contributed by atoms with E-state index in [0.717, 1.165) is 33.9 Å². The molecule has 1 fully saturated rings. The molecule has 2 aromatic heterocycles. The summed E-state index contributed by atoms with van der Waals surface area (Å²) in [7, 11) is 1.49. The lowest BCUT2D eigenvalue weighted by atomic mass is 9.96. The fourth-order valence-corrected chi connectivity index (χ4v) is 5.85. The molecule has 1 amide bonds. The second-order valence-corrected chi connectivity index (χ2v) is 10.6. The van der Waals surface area contributed by atoms with E-state index in [1.807, 2.05) is 61.7 Å². The summed E-state index contributed by atoms with van der Waals surface area (Å²) in [5, 5.41) is 18.2. The fraction of sp³-hybridized carbons (Fsp3) is 0.233. The number of nitrogens with one attached hydrogen (secondary N) is 2. The summed E-state index contributed by atoms with van der Waals surface area (Å²) < 4.78 is 6.95. The average molecular weight is 576 g/mol. The van der Waals surface area contributed by atoms with Gasteiger partial charge in [0.25, 0.3) is 0 Å². The number of nitrogens with zero attached hydrogens (tertiary/aromatic N) is 3. The van der Waals surface area contributed by atoms with Gasteiger partial charge in [-0.05, 0) is 98.7 Å². The molecule has 0 radical (unpaired) electrons. The van der Waals surface area contributed by atoms with Crippen molar-refractivity contribution in [2.75, 3.05) is 23.9 Å². The highest BCUT2D eigenvalue weighted by Gasteiger charge is 2.42. The molecule has 4 aromatic rings. The van der Waals surface area contributed by atoms with Crippen molar-refractivity contribution in [1.29, 1.82) is 0 Å². The number of hydrogen-bond donors (Lipinski definition) is 3. The smallest absolute Gasteiger partial charge is 0.250 e. The monoisotopic (exact) mass is 575 g/mol. The number of anilines is 2. The number of carbonyl (C=O) groups excluding carboxylic acids is 1. The number of phenols is 1. The predicted molar refractivity (Wildman–Crippen MR) is 162 cm³/mol. The van der Waals surface area contributed by atoms with E-state index in [2.05, 4.69) is 26.6 Å². The minimum atomic E-state index is -0.253. The standard InChI is InChI=1S/C30H30ClN5O3S/c1-17-13-21(9-10-23(17)33-27(38)16-39-4)36-29(28(34-30(36)40)24-7-5-6-12-32-24)22-14-18(2)35(19(22)3)25-15-20(31)8-11-26(25)37/h5-15,28-29,37H,16H2,1-4H3,(H,33,38)(H,34,40)/t28-,29+/m1/s1. The maximum Gasteiger partial charge on any atom is 0.250 e. The summed E-state index contributed by atoms with van der Waals surface area (Å²) in [6, 6.07) is 18.3. The molecule has 3 heterocycles. The SMILES string of the molecule is COCC(=O)Nc1ccc(N2C(=S)N[C@H](c3ccccn3)[C@@H]2c2cc(C)n(-c3cc(Cl)ccc3O)c2C)cc1C. The fourth-order valence-electron chi connectivity index (χ4n) is 5.34. The molecule has 0 aliphatic carbocycles. The Kier molecular flexibility index (Phi) is 7.80. The molecule has 0 spiro atoms. The molecule has 0 saturated carbocycles. The first-order chi connectivity index (χ1) is 19.2. The van der Waals surface area contributed by atoms with Crippen LogP contribution in [0.4, 0.5) is 11.4 Å². The first-order valence-corrected chi connectivity index (χ1v) is 13.6. The number of carbonyl (C=O) groups is 1. The zero-order valence-electron chi connectivity index (χ0n) is 22.6. The van der Waals surface area contributed by atoms with Crippen LogP contribution in [0.2, 0.25) is 5.02 Å². The van der Waals surface area contributed by atoms with Crippen LogP contribution in [0.1, 0.15) is 40.3 Å². The lowest BCUT2D eigenvalue weighted by Gasteiger charge is -2.29. The minimum absolute atomic E-state index is 0.0209. The molecular weight excluding hydrogens is 546 g/mol. The van der Waals surface area contributed by atoms with Crippen molar-refractivity contribution in [3.8, 4) is 11.4 Å². The number of benzene rings is 2. The summed E-state index contributed by atoms with van der Waals surface area (Å²) >= 11 is 12.2. The van der Waals surface area contributed by atoms with Crippen molar-refractivity contribution in [3.63, 3.8) is 0 Å². The maximum absolute atomic E-state index is 12.1. The molecule has 2 aromatic carbocycles. The number of phenolic OH excluding ortho intramolecular Hbond substituents is 1. The van der Waals surface area contributed by atoms with E-state index in [9.17, 15) is 9.90 Å². The number of pyridine rings is 1. The Morgan fingerprint density at radius 2 is 1.95 bits per heavy atom. The van der Waals surface area contributed by atoms with Crippen LogP contribution in [0.3, 0.4) is 0 Å². The molecule has 3 N–H and O–H groups in total. The molecule has 40 heavy (non-hydrogen) atoms. The zero-order valence-corrected chi connectivity index (χ0v) is 24.2. The van der Waals surface area contributed by atoms with Crippen molar-refractivity contribution in [1.82, 2.24) is 14.9 Å². The number of amides is 1. The van der Waals surface area contributed by atoms with E-state index < -0.39 is 0 Å². The largest absolute Gasteiger partial charge is 0.506 e. The van der Waals surface area contributed by atoms with Crippen molar-refractivity contribution in [2.45, 2.75) is 32.9 Å². The number of methoxy groups -OCH3 is 1. The third kappa shape index (κ3) is 5.15. The number of aryl methyl sites for hydroxylation is 2. The zero-order chi connectivity index (χ0) is 28.6. The van der Waals surface area contributed by atoms with Gasteiger partial charge in [0.1, 0.15) is 12.4 Å². The van der Waals surface area contributed by atoms with Crippen LogP contribution in [0.15, 0.2) is 66.9 Å². The summed E-state index contributed by atoms with van der Waals surface area (Å²) in [6.07, 6.45) is 1.77. The summed E-state index contributed by atoms with van der Waals surface area (Å²) in [6.45, 7) is 5.95. The molecule has 2 atom stereocenters. The first kappa shape index (κ1) is 27.6. The van der Waals surface area contributed by atoms with Crippen LogP contribution in [0, 0.1) is 20.8 Å². The highest BCUT2D eigenvalue weighted by atomic mass is 35.5. The molecular formula is C30H30ClN5O3S. The van der Waals surface area contributed by atoms with Crippen LogP contribution >= 0.6 is 23.8 Å². The van der Waals surface area contributed by atoms with Gasteiger partial charge in [-0.3, -0.25) is 9.78 Å². The molecule has 0 unspecified atom stereocenters. The van der Waals surface area contributed by atoms with E-state index in [0.29, 0.717) is 21.5 Å². The second-order valence-electron chi connectivity index (χ2n) is 9.77. The van der Waals surface area contributed by atoms with E-state index in [1.165, 1.54) is 7.11 Å². The molecule has 10 heteroatoms. The molecule has 1 saturated heterocycles. The van der Waals surface area contributed by atoms with E-state index in [4.69, 9.17) is 28.6 Å². The lowest BCUT2D eigenvalue weighted by Crippen LogP contribution is -2.29. The quantitative estimate of drug-likeness (QED) is 0.236. The normalized spacial score (nSPS) is 16.7. The molecule has 5 rings (SSSR count). The highest BCUT2D eigenvalue weighted by molar-refractivity contribution is 7.80. The predicted octanol–water partition coefficient (Wildman–Crippen LogP) is 5.92. The van der Waals surface area contributed by atoms with E-state index >= 15 is 0 Å². The summed E-state index contributed by atoms with van der Waals surface area (Å²) in [5.74, 6) is -0.0841. The summed E-state index contributed by atoms with van der Waals surface area (Å²) in [4.78, 5) is 18.9. The van der Waals surface area contributed by atoms with Crippen LogP contribution in [-0.2, 0) is 9.53 Å². The topological polar surface area (TPSA) is 91.7 Å². The Balaban J connectivity index is 1.63. The van der Waals surface area contributed by atoms with Gasteiger partial charge in [0.2, 0.25) is 5.91 Å². The van der Waals surface area contributed by atoms with E-state index in [-0.39, 0.29) is 30.3 Å². The van der Waals surface area contributed by atoms with Crippen LogP contribution in [0.5, 0.6) is 5.75 Å². The highest BCUT2D eigenvalue weighted by Crippen LogP contribution is 2.44. The number of thiocarbonyl (C=S) groups is 1. The Bertz CT molecular complexity index is 1590. The van der Waals surface area contributed by atoms with Crippen molar-refractivity contribution in [3.05, 3.63) is 100 Å². The Morgan fingerprint density at radius 1 is 1.15 bits per heavy atom. The second kappa shape index (κ2) is 11.3. The van der Waals surface area contributed by atoms with Gasteiger partial charge in [-0.2, -0.15) is 0 Å². The van der Waals surface area contributed by atoms with Gasteiger partial charge >= 0.3 is 0 Å². The van der Waals surface area contributed by atoms with E-state index in [1.54, 1.807) is 24.4 Å². The summed E-state index contributed by atoms with van der Waals surface area (Å²) in [5.41, 5.74) is 6.83. The Labute approximate surface area is 243 Å². The Hall–Kier alpha value is -3.92. The molecule has 1 aliphatic heterocycles. The van der Waals surface area contributed by atoms with Gasteiger partial charge in [0, 0.05) is 41.1 Å². The number of rotatable bonds is 7. The number of ether oxygens (including phenoxy) is 1. The third-order valence-corrected chi connectivity index (χ3v) is 7.65. The molecule has 1 aliphatic rings. The van der Waals surface area contributed by atoms with Gasteiger partial charge in [-0.15, -0.1) is 0 Å². The van der Waals surface area contributed by atoms with Gasteiger partial charge in [-0.25, -0.2) is 0 Å². The minimum Gasteiger partial charge on any atom is -0.506 e. The molecule has 0 bridgehead atoms. The van der Waals surface area contributed by atoms with Crippen LogP contribution < -0.4 is 15.5 Å². The van der Waals surface area contributed by atoms with Gasteiger partial charge in [0.15, 0.2) is 5.11 Å². The van der Waals surface area contributed by atoms with Gasteiger partial charge in [0.05, 0.1) is 23.5 Å².